The van der Waals surface area contributed by atoms with Crippen molar-refractivity contribution < 1.29 is 23.8 Å². The van der Waals surface area contributed by atoms with Gasteiger partial charge in [-0.05, 0) is 76.5 Å². The Balaban J connectivity index is 1.28. The van der Waals surface area contributed by atoms with Crippen molar-refractivity contribution in [2.45, 2.75) is 13.5 Å². The fourth-order valence-electron chi connectivity index (χ4n) is 4.27. The van der Waals surface area contributed by atoms with Crippen LogP contribution in [0.4, 0.5) is 4.79 Å². The number of nitrogens with zero attached hydrogens (tertiary/aromatic N) is 1. The van der Waals surface area contributed by atoms with Gasteiger partial charge in [0.25, 0.3) is 11.1 Å². The topological polar surface area (TPSA) is 65.1 Å². The van der Waals surface area contributed by atoms with Gasteiger partial charge in [0.15, 0.2) is 11.5 Å². The van der Waals surface area contributed by atoms with Crippen molar-refractivity contribution in [3.8, 4) is 17.2 Å². The number of hydrogen-bond acceptors (Lipinski definition) is 6. The maximum absolute atomic E-state index is 13.0. The van der Waals surface area contributed by atoms with Gasteiger partial charge < -0.3 is 14.2 Å². The van der Waals surface area contributed by atoms with Crippen LogP contribution in [-0.4, -0.2) is 36.3 Å². The van der Waals surface area contributed by atoms with Gasteiger partial charge in [0.05, 0.1) is 18.6 Å². The summed E-state index contributed by atoms with van der Waals surface area (Å²) in [4.78, 5) is 27.1. The standard InChI is InChI=1S/C31H27NO5S/c1-21-7-5-11-25(17-21)36-16-15-32-30(33)29(38-31(32)34)19-22-13-14-27(35-2)28(18-22)37-20-24-10-6-9-23-8-3-4-12-26(23)24/h3-14,17-19H,15-16,20H2,1-2H3/b29-19-. The summed E-state index contributed by atoms with van der Waals surface area (Å²) >= 11 is 0.924. The molecule has 0 aromatic heterocycles. The predicted molar refractivity (Wildman–Crippen MR) is 151 cm³/mol. The van der Waals surface area contributed by atoms with Gasteiger partial charge in [0.1, 0.15) is 19.0 Å². The Kier molecular flexibility index (Phi) is 7.65. The molecule has 38 heavy (non-hydrogen) atoms. The summed E-state index contributed by atoms with van der Waals surface area (Å²) in [6, 6.07) is 27.4. The molecule has 0 aliphatic carbocycles. The lowest BCUT2D eigenvalue weighted by Crippen LogP contribution is -2.32. The Hall–Kier alpha value is -4.23. The van der Waals surface area contributed by atoms with Crippen molar-refractivity contribution in [2.24, 2.45) is 0 Å². The Labute approximate surface area is 225 Å². The van der Waals surface area contributed by atoms with Gasteiger partial charge in [0, 0.05) is 0 Å². The first-order valence-corrected chi connectivity index (χ1v) is 13.1. The van der Waals surface area contributed by atoms with Gasteiger partial charge >= 0.3 is 0 Å². The molecule has 192 valence electrons. The van der Waals surface area contributed by atoms with Gasteiger partial charge in [-0.25, -0.2) is 0 Å². The maximum atomic E-state index is 13.0. The third kappa shape index (κ3) is 5.68. The molecular weight excluding hydrogens is 498 g/mol. The van der Waals surface area contributed by atoms with E-state index >= 15 is 0 Å². The van der Waals surface area contributed by atoms with Crippen molar-refractivity contribution in [3.63, 3.8) is 0 Å². The highest BCUT2D eigenvalue weighted by Crippen LogP contribution is 2.35. The lowest BCUT2D eigenvalue weighted by atomic mass is 10.1. The van der Waals surface area contributed by atoms with Crippen LogP contribution in [0.1, 0.15) is 16.7 Å². The molecule has 0 spiro atoms. The Morgan fingerprint density at radius 2 is 1.68 bits per heavy atom. The minimum absolute atomic E-state index is 0.179. The maximum Gasteiger partial charge on any atom is 0.293 e. The third-order valence-electron chi connectivity index (χ3n) is 6.20. The fraction of sp³-hybridized carbons (Fsp3) is 0.161. The highest BCUT2D eigenvalue weighted by atomic mass is 32.2. The minimum atomic E-state index is -0.332. The summed E-state index contributed by atoms with van der Waals surface area (Å²) < 4.78 is 17.4. The molecule has 0 bridgehead atoms. The molecule has 6 nitrogen and oxygen atoms in total. The summed E-state index contributed by atoms with van der Waals surface area (Å²) in [5.74, 6) is 1.52. The second kappa shape index (κ2) is 11.4. The number of thioether (sulfide) groups is 1. The van der Waals surface area contributed by atoms with Gasteiger partial charge in [-0.15, -0.1) is 0 Å². The smallest absolute Gasteiger partial charge is 0.293 e. The van der Waals surface area contributed by atoms with Crippen molar-refractivity contribution in [2.75, 3.05) is 20.3 Å². The molecule has 1 aliphatic rings. The van der Waals surface area contributed by atoms with Crippen LogP contribution in [0.15, 0.2) is 89.8 Å². The number of benzene rings is 4. The van der Waals surface area contributed by atoms with Crippen molar-refractivity contribution in [1.29, 1.82) is 0 Å². The number of hydrogen-bond donors (Lipinski definition) is 0. The molecule has 1 saturated heterocycles. The van der Waals surface area contributed by atoms with Crippen LogP contribution >= 0.6 is 11.8 Å². The summed E-state index contributed by atoms with van der Waals surface area (Å²) in [5, 5.41) is 1.97. The molecule has 0 N–H and O–H groups in total. The minimum Gasteiger partial charge on any atom is -0.493 e. The van der Waals surface area contributed by atoms with E-state index in [0.717, 1.165) is 39.2 Å². The molecule has 1 fully saturated rings. The van der Waals surface area contributed by atoms with E-state index in [-0.39, 0.29) is 24.3 Å². The molecule has 0 atom stereocenters. The van der Waals surface area contributed by atoms with Crippen LogP contribution in [0.5, 0.6) is 17.2 Å². The average molecular weight is 526 g/mol. The number of amides is 2. The SMILES string of the molecule is COc1ccc(/C=C2\SC(=O)N(CCOc3cccc(C)c3)C2=O)cc1OCc1cccc2ccccc12. The number of carbonyl (C=O) groups is 2. The highest BCUT2D eigenvalue weighted by molar-refractivity contribution is 8.18. The summed E-state index contributed by atoms with van der Waals surface area (Å²) in [6.07, 6.45) is 1.70. The molecule has 4 aromatic rings. The second-order valence-corrected chi connectivity index (χ2v) is 9.83. The Morgan fingerprint density at radius 3 is 2.53 bits per heavy atom. The van der Waals surface area contributed by atoms with E-state index in [1.807, 2.05) is 67.6 Å². The highest BCUT2D eigenvalue weighted by Gasteiger charge is 2.34. The number of methoxy groups -OCH3 is 1. The lowest BCUT2D eigenvalue weighted by molar-refractivity contribution is -0.123. The molecular formula is C31H27NO5S. The third-order valence-corrected chi connectivity index (χ3v) is 7.10. The second-order valence-electron chi connectivity index (χ2n) is 8.84. The Morgan fingerprint density at radius 1 is 0.868 bits per heavy atom. The first-order valence-electron chi connectivity index (χ1n) is 12.2. The van der Waals surface area contributed by atoms with Gasteiger partial charge in [-0.2, -0.15) is 0 Å². The van der Waals surface area contributed by atoms with Gasteiger partial charge in [-0.3, -0.25) is 14.5 Å². The largest absolute Gasteiger partial charge is 0.493 e. The number of carbonyl (C=O) groups excluding carboxylic acids is 2. The summed E-state index contributed by atoms with van der Waals surface area (Å²) in [7, 11) is 1.59. The first-order chi connectivity index (χ1) is 18.5. The predicted octanol–water partition coefficient (Wildman–Crippen LogP) is 6.85. The molecule has 0 radical (unpaired) electrons. The quantitative estimate of drug-likeness (QED) is 0.223. The number of imide groups is 1. The summed E-state index contributed by atoms with van der Waals surface area (Å²) in [5.41, 5.74) is 2.88. The first kappa shape index (κ1) is 25.4. The van der Waals surface area contributed by atoms with E-state index in [1.54, 1.807) is 19.3 Å². The van der Waals surface area contributed by atoms with Crippen molar-refractivity contribution >= 4 is 39.8 Å². The zero-order chi connectivity index (χ0) is 26.5. The van der Waals surface area contributed by atoms with Crippen LogP contribution in [0.3, 0.4) is 0 Å². The van der Waals surface area contributed by atoms with Crippen LogP contribution in [0, 0.1) is 6.92 Å². The van der Waals surface area contributed by atoms with E-state index < -0.39 is 0 Å². The zero-order valence-electron chi connectivity index (χ0n) is 21.2. The molecule has 7 heteroatoms. The summed E-state index contributed by atoms with van der Waals surface area (Å²) in [6.45, 7) is 2.74. The number of rotatable bonds is 9. The lowest BCUT2D eigenvalue weighted by Gasteiger charge is -2.14. The Bertz CT molecular complexity index is 1520. The van der Waals surface area contributed by atoms with E-state index in [1.165, 1.54) is 4.90 Å². The molecule has 5 rings (SSSR count). The fourth-order valence-corrected chi connectivity index (χ4v) is 5.14. The van der Waals surface area contributed by atoms with Crippen LogP contribution < -0.4 is 14.2 Å². The molecule has 2 amide bonds. The van der Waals surface area contributed by atoms with Crippen LogP contribution in [-0.2, 0) is 11.4 Å². The number of aryl methyl sites for hydroxylation is 1. The van der Waals surface area contributed by atoms with E-state index in [9.17, 15) is 9.59 Å². The molecule has 4 aromatic carbocycles. The number of ether oxygens (including phenoxy) is 3. The molecule has 1 aliphatic heterocycles. The van der Waals surface area contributed by atoms with Gasteiger partial charge in [-0.1, -0.05) is 60.7 Å². The van der Waals surface area contributed by atoms with E-state index in [2.05, 4.69) is 18.2 Å². The van der Waals surface area contributed by atoms with Crippen molar-refractivity contribution in [3.05, 3.63) is 107 Å². The molecule has 1 heterocycles. The molecule has 0 unspecified atom stereocenters. The van der Waals surface area contributed by atoms with E-state index in [4.69, 9.17) is 14.2 Å². The normalized spacial score (nSPS) is 14.4. The van der Waals surface area contributed by atoms with Crippen LogP contribution in [0.2, 0.25) is 0 Å². The van der Waals surface area contributed by atoms with Gasteiger partial charge in [0.2, 0.25) is 0 Å². The molecule has 0 saturated carbocycles. The van der Waals surface area contributed by atoms with Crippen LogP contribution in [0.25, 0.3) is 16.8 Å². The zero-order valence-corrected chi connectivity index (χ0v) is 22.0. The van der Waals surface area contributed by atoms with E-state index in [0.29, 0.717) is 28.8 Å². The number of fused-ring (bicyclic) bond motifs is 1. The average Bonchev–Trinajstić information content (AvgIpc) is 3.19. The monoisotopic (exact) mass is 525 g/mol. The van der Waals surface area contributed by atoms with Crippen molar-refractivity contribution in [1.82, 2.24) is 4.90 Å².